The molecule has 0 spiro atoms. The van der Waals surface area contributed by atoms with Crippen molar-refractivity contribution in [1.29, 1.82) is 0 Å². The maximum absolute atomic E-state index is 11.7. The van der Waals surface area contributed by atoms with Crippen LogP contribution in [-0.4, -0.2) is 26.8 Å². The Labute approximate surface area is 71.3 Å². The van der Waals surface area contributed by atoms with Gasteiger partial charge in [0.05, 0.1) is 6.61 Å². The normalized spacial score (nSPS) is 20.0. The fourth-order valence-electron chi connectivity index (χ4n) is 1.39. The van der Waals surface area contributed by atoms with Gasteiger partial charge in [-0.05, 0) is 31.7 Å². The molecule has 0 aliphatic heterocycles. The molecule has 1 fully saturated rings. The average Bonchev–Trinajstić information content (AvgIpc) is 2.79. The number of hydrogen-bond acceptors (Lipinski definition) is 2. The van der Waals surface area contributed by atoms with E-state index in [1.165, 1.54) is 12.8 Å². The first-order chi connectivity index (χ1) is 5.74. The maximum Gasteiger partial charge on any atom is 0.345 e. The predicted octanol–water partition coefficient (Wildman–Crippen LogP) is 1.47. The Morgan fingerprint density at radius 3 is 2.58 bits per heavy atom. The van der Waals surface area contributed by atoms with Gasteiger partial charge in [-0.1, -0.05) is 0 Å². The van der Waals surface area contributed by atoms with E-state index in [9.17, 15) is 8.78 Å². The third-order valence-corrected chi connectivity index (χ3v) is 2.19. The van der Waals surface area contributed by atoms with Crippen molar-refractivity contribution >= 4 is 0 Å². The molecule has 0 aromatic heterocycles. The fourth-order valence-corrected chi connectivity index (χ4v) is 1.39. The molecule has 1 saturated carbocycles. The van der Waals surface area contributed by atoms with Crippen molar-refractivity contribution < 1.29 is 13.5 Å². The van der Waals surface area contributed by atoms with Crippen LogP contribution >= 0.6 is 0 Å². The number of rotatable bonds is 6. The van der Waals surface area contributed by atoms with Gasteiger partial charge in [-0.15, -0.1) is 0 Å². The molecule has 0 amide bonds. The first-order valence-corrected chi connectivity index (χ1v) is 4.28. The van der Waals surface area contributed by atoms with Gasteiger partial charge in [-0.3, -0.25) is 0 Å². The van der Waals surface area contributed by atoms with E-state index in [0.717, 1.165) is 6.54 Å². The summed E-state index contributed by atoms with van der Waals surface area (Å²) in [6, 6.07) is 0. The van der Waals surface area contributed by atoms with Crippen LogP contribution in [0.15, 0.2) is 0 Å². The molecule has 0 bridgehead atoms. The minimum atomic E-state index is -2.62. The van der Waals surface area contributed by atoms with Crippen molar-refractivity contribution in [3.8, 4) is 0 Å². The van der Waals surface area contributed by atoms with Crippen LogP contribution in [0.2, 0.25) is 0 Å². The molecular formula is C8H15F2NO. The molecule has 0 heterocycles. The van der Waals surface area contributed by atoms with Gasteiger partial charge in [0.25, 0.3) is 0 Å². The van der Waals surface area contributed by atoms with Crippen molar-refractivity contribution in [3.63, 3.8) is 0 Å². The maximum atomic E-state index is 11.7. The molecule has 1 atom stereocenters. The Kier molecular flexibility index (Phi) is 3.88. The van der Waals surface area contributed by atoms with Crippen molar-refractivity contribution in [1.82, 2.24) is 5.32 Å². The largest absolute Gasteiger partial charge is 0.345 e. The van der Waals surface area contributed by atoms with Crippen LogP contribution in [0.3, 0.4) is 0 Å². The van der Waals surface area contributed by atoms with Crippen LogP contribution in [-0.2, 0) is 4.74 Å². The van der Waals surface area contributed by atoms with Gasteiger partial charge in [-0.25, -0.2) is 0 Å². The molecule has 1 N–H and O–H groups in total. The summed E-state index contributed by atoms with van der Waals surface area (Å²) in [5, 5.41) is 2.99. The molecule has 1 aliphatic rings. The SMILES string of the molecule is CNCC(COC(F)F)C1CC1. The summed E-state index contributed by atoms with van der Waals surface area (Å²) < 4.78 is 27.6. The Hall–Kier alpha value is -0.220. The summed E-state index contributed by atoms with van der Waals surface area (Å²) >= 11 is 0. The summed E-state index contributed by atoms with van der Waals surface area (Å²) in [5.41, 5.74) is 0. The highest BCUT2D eigenvalue weighted by Gasteiger charge is 2.31. The molecule has 1 unspecified atom stereocenters. The minimum absolute atomic E-state index is 0.184. The second-order valence-electron chi connectivity index (χ2n) is 3.25. The molecule has 12 heavy (non-hydrogen) atoms. The van der Waals surface area contributed by atoms with E-state index >= 15 is 0 Å². The molecule has 4 heteroatoms. The van der Waals surface area contributed by atoms with E-state index in [0.29, 0.717) is 5.92 Å². The smallest absolute Gasteiger partial charge is 0.323 e. The van der Waals surface area contributed by atoms with E-state index < -0.39 is 6.61 Å². The van der Waals surface area contributed by atoms with Crippen LogP contribution in [0.5, 0.6) is 0 Å². The van der Waals surface area contributed by atoms with Crippen LogP contribution in [0, 0.1) is 11.8 Å². The molecular weight excluding hydrogens is 164 g/mol. The van der Waals surface area contributed by atoms with Crippen molar-refractivity contribution in [2.75, 3.05) is 20.2 Å². The van der Waals surface area contributed by atoms with Crippen LogP contribution in [0.1, 0.15) is 12.8 Å². The lowest BCUT2D eigenvalue weighted by molar-refractivity contribution is -0.139. The Bertz CT molecular complexity index is 128. The topological polar surface area (TPSA) is 21.3 Å². The van der Waals surface area contributed by atoms with Crippen molar-refractivity contribution in [2.45, 2.75) is 19.5 Å². The fraction of sp³-hybridized carbons (Fsp3) is 1.00. The average molecular weight is 179 g/mol. The minimum Gasteiger partial charge on any atom is -0.323 e. The second kappa shape index (κ2) is 4.72. The summed E-state index contributed by atoms with van der Waals surface area (Å²) in [5.74, 6) is 0.875. The Balaban J connectivity index is 2.13. The Morgan fingerprint density at radius 2 is 2.17 bits per heavy atom. The second-order valence-corrected chi connectivity index (χ2v) is 3.25. The van der Waals surface area contributed by atoms with Gasteiger partial charge >= 0.3 is 6.61 Å². The summed E-state index contributed by atoms with van der Waals surface area (Å²) in [6.45, 7) is -1.66. The zero-order valence-electron chi connectivity index (χ0n) is 7.22. The van der Waals surface area contributed by atoms with Crippen LogP contribution in [0.4, 0.5) is 8.78 Å². The lowest BCUT2D eigenvalue weighted by Crippen LogP contribution is -2.25. The lowest BCUT2D eigenvalue weighted by Gasteiger charge is -2.15. The molecule has 2 nitrogen and oxygen atoms in total. The number of hydrogen-bond donors (Lipinski definition) is 1. The predicted molar refractivity (Wildman–Crippen MR) is 42.1 cm³/mol. The highest BCUT2D eigenvalue weighted by Crippen LogP contribution is 2.36. The first kappa shape index (κ1) is 9.86. The summed E-state index contributed by atoms with van der Waals surface area (Å²) in [4.78, 5) is 0. The molecule has 0 radical (unpaired) electrons. The van der Waals surface area contributed by atoms with Gasteiger partial charge in [-0.2, -0.15) is 8.78 Å². The quantitative estimate of drug-likeness (QED) is 0.666. The van der Waals surface area contributed by atoms with E-state index in [1.54, 1.807) is 0 Å². The first-order valence-electron chi connectivity index (χ1n) is 4.28. The van der Waals surface area contributed by atoms with Crippen molar-refractivity contribution in [3.05, 3.63) is 0 Å². The number of alkyl halides is 2. The van der Waals surface area contributed by atoms with Gasteiger partial charge in [0.1, 0.15) is 0 Å². The van der Waals surface area contributed by atoms with Gasteiger partial charge in [0.2, 0.25) is 0 Å². The van der Waals surface area contributed by atoms with Crippen molar-refractivity contribution in [2.24, 2.45) is 11.8 Å². The third kappa shape index (κ3) is 3.45. The molecule has 1 aliphatic carbocycles. The molecule has 1 rings (SSSR count). The van der Waals surface area contributed by atoms with Crippen LogP contribution in [0.25, 0.3) is 0 Å². The summed E-state index contributed by atoms with van der Waals surface area (Å²) in [6.07, 6.45) is 2.33. The third-order valence-electron chi connectivity index (χ3n) is 2.19. The van der Waals surface area contributed by atoms with E-state index in [1.807, 2.05) is 7.05 Å². The number of ether oxygens (including phenoxy) is 1. The Morgan fingerprint density at radius 1 is 1.50 bits per heavy atom. The highest BCUT2D eigenvalue weighted by molar-refractivity contribution is 4.82. The van der Waals surface area contributed by atoms with E-state index in [2.05, 4.69) is 10.1 Å². The number of nitrogens with one attached hydrogen (secondary N) is 1. The van der Waals surface area contributed by atoms with E-state index in [-0.39, 0.29) is 12.5 Å². The zero-order chi connectivity index (χ0) is 8.97. The summed E-state index contributed by atoms with van der Waals surface area (Å²) in [7, 11) is 1.83. The monoisotopic (exact) mass is 179 g/mol. The highest BCUT2D eigenvalue weighted by atomic mass is 19.3. The van der Waals surface area contributed by atoms with E-state index in [4.69, 9.17) is 0 Å². The van der Waals surface area contributed by atoms with Gasteiger partial charge in [0.15, 0.2) is 0 Å². The standard InChI is InChI=1S/C8H15F2NO/c1-11-4-7(6-2-3-6)5-12-8(9)10/h6-8,11H,2-5H2,1H3. The molecule has 0 aromatic rings. The van der Waals surface area contributed by atoms with Crippen LogP contribution < -0.4 is 5.32 Å². The molecule has 0 saturated heterocycles. The lowest BCUT2D eigenvalue weighted by atomic mass is 10.1. The zero-order valence-corrected chi connectivity index (χ0v) is 7.22. The van der Waals surface area contributed by atoms with Gasteiger partial charge in [0, 0.05) is 6.54 Å². The molecule has 72 valence electrons. The van der Waals surface area contributed by atoms with Gasteiger partial charge < -0.3 is 10.1 Å². The molecule has 0 aromatic carbocycles. The number of halogens is 2.